The van der Waals surface area contributed by atoms with Crippen LogP contribution in [-0.4, -0.2) is 21.1 Å². The fourth-order valence-corrected chi connectivity index (χ4v) is 2.98. The Balaban J connectivity index is 1.48. The van der Waals surface area contributed by atoms with Crippen molar-refractivity contribution in [1.82, 2.24) is 14.9 Å². The Morgan fingerprint density at radius 3 is 2.45 bits per heavy atom. The lowest BCUT2D eigenvalue weighted by Gasteiger charge is -2.06. The van der Waals surface area contributed by atoms with Crippen LogP contribution in [0.3, 0.4) is 0 Å². The quantitative estimate of drug-likeness (QED) is 0.349. The van der Waals surface area contributed by atoms with Crippen molar-refractivity contribution >= 4 is 18.4 Å². The summed E-state index contributed by atoms with van der Waals surface area (Å²) in [7, 11) is 0. The van der Waals surface area contributed by atoms with E-state index >= 15 is 0 Å². The molecule has 0 atom stereocenters. The lowest BCUT2D eigenvalue weighted by atomic mass is 10.1. The van der Waals surface area contributed by atoms with E-state index in [0.717, 1.165) is 22.4 Å². The van der Waals surface area contributed by atoms with Crippen molar-refractivity contribution in [2.75, 3.05) is 0 Å². The molecule has 1 N–H and O–H groups in total. The Bertz CT molecular complexity index is 1160. The number of benzene rings is 3. The number of H-pyrrole nitrogens is 1. The summed E-state index contributed by atoms with van der Waals surface area (Å²) >= 11 is 5.33. The normalized spacial score (nSPS) is 11.1. The van der Waals surface area contributed by atoms with Crippen LogP contribution in [-0.2, 0) is 6.61 Å². The van der Waals surface area contributed by atoms with Crippen LogP contribution in [0, 0.1) is 11.7 Å². The van der Waals surface area contributed by atoms with Crippen LogP contribution < -0.4 is 4.74 Å². The van der Waals surface area contributed by atoms with Crippen molar-refractivity contribution in [3.63, 3.8) is 0 Å². The number of aromatic nitrogens is 3. The molecule has 29 heavy (non-hydrogen) atoms. The van der Waals surface area contributed by atoms with Crippen molar-refractivity contribution < 1.29 is 4.74 Å². The molecule has 1 heterocycles. The van der Waals surface area contributed by atoms with Gasteiger partial charge in [-0.15, -0.1) is 0 Å². The van der Waals surface area contributed by atoms with Crippen molar-refractivity contribution in [1.29, 1.82) is 0 Å². The fourth-order valence-electron chi connectivity index (χ4n) is 2.80. The summed E-state index contributed by atoms with van der Waals surface area (Å²) in [5.74, 6) is 1.49. The number of aryl methyl sites for hydroxylation is 1. The number of hydrogen-bond acceptors (Lipinski definition) is 4. The number of nitrogens with zero attached hydrogens (tertiary/aromatic N) is 3. The molecule has 0 amide bonds. The minimum absolute atomic E-state index is 0.444. The second kappa shape index (κ2) is 8.67. The molecule has 4 aromatic rings. The van der Waals surface area contributed by atoms with E-state index in [1.165, 1.54) is 5.56 Å². The molecule has 0 aliphatic heterocycles. The van der Waals surface area contributed by atoms with Crippen LogP contribution in [0.4, 0.5) is 0 Å². The van der Waals surface area contributed by atoms with E-state index in [4.69, 9.17) is 17.0 Å². The highest BCUT2D eigenvalue weighted by molar-refractivity contribution is 7.71. The van der Waals surface area contributed by atoms with Crippen LogP contribution >= 0.6 is 12.2 Å². The molecular weight excluding hydrogens is 380 g/mol. The van der Waals surface area contributed by atoms with Gasteiger partial charge in [-0.25, -0.2) is 5.10 Å². The first-order valence-electron chi connectivity index (χ1n) is 9.25. The van der Waals surface area contributed by atoms with Gasteiger partial charge < -0.3 is 4.74 Å². The minimum Gasteiger partial charge on any atom is -0.489 e. The van der Waals surface area contributed by atoms with Gasteiger partial charge in [0.05, 0.1) is 6.21 Å². The van der Waals surface area contributed by atoms with Crippen molar-refractivity contribution in [2.24, 2.45) is 5.10 Å². The third-order valence-electron chi connectivity index (χ3n) is 4.41. The van der Waals surface area contributed by atoms with Gasteiger partial charge in [0.15, 0.2) is 5.82 Å². The second-order valence-electron chi connectivity index (χ2n) is 6.62. The molecule has 0 fully saturated rings. The van der Waals surface area contributed by atoms with E-state index in [0.29, 0.717) is 17.2 Å². The third-order valence-corrected chi connectivity index (χ3v) is 4.68. The summed E-state index contributed by atoms with van der Waals surface area (Å²) in [5.41, 5.74) is 4.21. The molecule has 0 aliphatic rings. The summed E-state index contributed by atoms with van der Waals surface area (Å²) in [6.45, 7) is 2.59. The highest BCUT2D eigenvalue weighted by atomic mass is 32.1. The molecule has 3 aromatic carbocycles. The van der Waals surface area contributed by atoms with Gasteiger partial charge in [0.2, 0.25) is 4.77 Å². The first-order valence-corrected chi connectivity index (χ1v) is 9.65. The van der Waals surface area contributed by atoms with Gasteiger partial charge in [-0.05, 0) is 54.5 Å². The number of nitrogens with one attached hydrogen (secondary N) is 1. The van der Waals surface area contributed by atoms with Crippen LogP contribution in [0.1, 0.15) is 16.7 Å². The minimum atomic E-state index is 0.444. The van der Waals surface area contributed by atoms with E-state index in [2.05, 4.69) is 15.3 Å². The van der Waals surface area contributed by atoms with E-state index in [9.17, 15) is 0 Å². The molecule has 0 aliphatic carbocycles. The SMILES string of the molecule is Cc1ccc(-c2n[nH]c(=S)n2N=Cc2ccc(OCc3ccccc3)cc2)cc1. The molecule has 144 valence electrons. The van der Waals surface area contributed by atoms with Gasteiger partial charge in [0.1, 0.15) is 12.4 Å². The zero-order valence-corrected chi connectivity index (χ0v) is 16.8. The molecule has 0 saturated carbocycles. The Labute approximate surface area is 174 Å². The van der Waals surface area contributed by atoms with Crippen LogP contribution in [0.15, 0.2) is 84.0 Å². The van der Waals surface area contributed by atoms with Gasteiger partial charge >= 0.3 is 0 Å². The average Bonchev–Trinajstić information content (AvgIpc) is 3.13. The van der Waals surface area contributed by atoms with Gasteiger partial charge in [-0.3, -0.25) is 0 Å². The molecule has 5 nitrogen and oxygen atoms in total. The topological polar surface area (TPSA) is 55.2 Å². The number of rotatable bonds is 6. The van der Waals surface area contributed by atoms with E-state index < -0.39 is 0 Å². The molecule has 0 saturated heterocycles. The van der Waals surface area contributed by atoms with Crippen LogP contribution in [0.5, 0.6) is 5.75 Å². The summed E-state index contributed by atoms with van der Waals surface area (Å²) in [4.78, 5) is 0. The van der Waals surface area contributed by atoms with Crippen LogP contribution in [0.2, 0.25) is 0 Å². The first-order chi connectivity index (χ1) is 14.2. The number of aromatic amines is 1. The van der Waals surface area contributed by atoms with Crippen molar-refractivity contribution in [2.45, 2.75) is 13.5 Å². The van der Waals surface area contributed by atoms with E-state index in [1.54, 1.807) is 10.9 Å². The maximum atomic E-state index is 5.82. The average molecular weight is 401 g/mol. The molecule has 0 radical (unpaired) electrons. The Kier molecular flexibility index (Phi) is 5.63. The van der Waals surface area contributed by atoms with E-state index in [1.807, 2.05) is 85.8 Å². The lowest BCUT2D eigenvalue weighted by Crippen LogP contribution is -1.96. The largest absolute Gasteiger partial charge is 0.489 e. The van der Waals surface area contributed by atoms with Gasteiger partial charge in [-0.2, -0.15) is 14.9 Å². The highest BCUT2D eigenvalue weighted by Gasteiger charge is 2.07. The van der Waals surface area contributed by atoms with Crippen LogP contribution in [0.25, 0.3) is 11.4 Å². The summed E-state index contributed by atoms with van der Waals surface area (Å²) in [6.07, 6.45) is 1.75. The molecule has 0 spiro atoms. The molecule has 6 heteroatoms. The number of hydrogen-bond donors (Lipinski definition) is 1. The maximum Gasteiger partial charge on any atom is 0.216 e. The zero-order chi connectivity index (χ0) is 20.1. The Morgan fingerprint density at radius 1 is 1.00 bits per heavy atom. The fraction of sp³-hybridized carbons (Fsp3) is 0.0870. The summed E-state index contributed by atoms with van der Waals surface area (Å²) < 4.78 is 7.89. The van der Waals surface area contributed by atoms with Gasteiger partial charge in [0, 0.05) is 5.56 Å². The number of ether oxygens (including phenoxy) is 1. The summed E-state index contributed by atoms with van der Waals surface area (Å²) in [6, 6.07) is 25.9. The summed E-state index contributed by atoms with van der Waals surface area (Å²) in [5, 5.41) is 11.6. The van der Waals surface area contributed by atoms with Gasteiger partial charge in [0.25, 0.3) is 0 Å². The standard InChI is InChI=1S/C23H20N4OS/c1-17-7-11-20(12-8-17)22-25-26-23(29)27(22)24-15-18-9-13-21(14-10-18)28-16-19-5-3-2-4-6-19/h2-15H,16H2,1H3,(H,26,29). The van der Waals surface area contributed by atoms with Gasteiger partial charge in [-0.1, -0.05) is 60.2 Å². The molecule has 0 unspecified atom stereocenters. The predicted molar refractivity (Wildman–Crippen MR) is 118 cm³/mol. The second-order valence-corrected chi connectivity index (χ2v) is 7.00. The zero-order valence-electron chi connectivity index (χ0n) is 15.9. The Morgan fingerprint density at radius 2 is 1.72 bits per heavy atom. The smallest absolute Gasteiger partial charge is 0.216 e. The lowest BCUT2D eigenvalue weighted by molar-refractivity contribution is 0.306. The van der Waals surface area contributed by atoms with Crippen molar-refractivity contribution in [3.05, 3.63) is 100 Å². The molecule has 4 rings (SSSR count). The molecular formula is C23H20N4OS. The van der Waals surface area contributed by atoms with E-state index in [-0.39, 0.29) is 0 Å². The highest BCUT2D eigenvalue weighted by Crippen LogP contribution is 2.18. The monoisotopic (exact) mass is 400 g/mol. The maximum absolute atomic E-state index is 5.82. The Hall–Kier alpha value is -3.51. The molecule has 1 aromatic heterocycles. The third kappa shape index (κ3) is 4.67. The van der Waals surface area contributed by atoms with Crippen molar-refractivity contribution in [3.8, 4) is 17.1 Å². The predicted octanol–water partition coefficient (Wildman–Crippen LogP) is 5.38. The first kappa shape index (κ1) is 18.8. The molecule has 0 bridgehead atoms.